The monoisotopic (exact) mass is 923 g/mol. The second-order valence-corrected chi connectivity index (χ2v) is 25.2. The maximum absolute atomic E-state index is 6.38. The molecule has 1 radical (unpaired) electrons. The second-order valence-electron chi connectivity index (χ2n) is 14.6. The van der Waals surface area contributed by atoms with Gasteiger partial charge in [-0.05, 0) is 31.2 Å². The van der Waals surface area contributed by atoms with E-state index < -0.39 is 13.3 Å². The largest absolute Gasteiger partial charge is 0.486 e. The fourth-order valence-corrected chi connectivity index (χ4v) is 10.2. The SMILES string of the molecule is CC(C)Cc1cc(-c2[c-]cccc2)nc[c]1[Ge]([CH3])([CH3])[CH3].CCn1c(-c2[c-]cc(C)c3c2oc2nc(-c4ccccc4)ccc23)nc2ccccc21.[Ir]. The molecule has 7 heteroatoms. The van der Waals surface area contributed by atoms with Crippen LogP contribution in [0.15, 0.2) is 114 Å². The molecule has 0 N–H and O–H groups in total. The molecule has 4 heterocycles. The van der Waals surface area contributed by atoms with Crippen LogP contribution in [-0.4, -0.2) is 32.8 Å². The summed E-state index contributed by atoms with van der Waals surface area (Å²) in [5, 5.41) is 2.09. The smallest absolute Gasteiger partial charge is 0.216 e. The fraction of sp³-hybridized carbons (Fsp3) is 0.222. The quantitative estimate of drug-likeness (QED) is 0.118. The number of furan rings is 1. The molecule has 0 bridgehead atoms. The molecule has 0 saturated heterocycles. The van der Waals surface area contributed by atoms with Gasteiger partial charge in [0.25, 0.3) is 0 Å². The topological polar surface area (TPSA) is 56.7 Å². The van der Waals surface area contributed by atoms with Crippen LogP contribution in [0.2, 0.25) is 17.3 Å². The Morgan fingerprint density at radius 2 is 1.60 bits per heavy atom. The van der Waals surface area contributed by atoms with Gasteiger partial charge in [-0.1, -0.05) is 60.3 Å². The van der Waals surface area contributed by atoms with Crippen molar-refractivity contribution in [3.05, 3.63) is 133 Å². The molecule has 0 spiro atoms. The summed E-state index contributed by atoms with van der Waals surface area (Å²) in [6, 6.07) is 41.7. The van der Waals surface area contributed by atoms with Crippen molar-refractivity contribution in [3.63, 3.8) is 0 Å². The Hall–Kier alpha value is -4.36. The molecular weight excluding hydrogens is 877 g/mol. The zero-order valence-electron chi connectivity index (χ0n) is 30.9. The number of pyridine rings is 2. The Kier molecular flexibility index (Phi) is 11.3. The van der Waals surface area contributed by atoms with Crippen molar-refractivity contribution in [3.8, 4) is 33.9 Å². The van der Waals surface area contributed by atoms with Gasteiger partial charge in [-0.3, -0.25) is 4.98 Å². The van der Waals surface area contributed by atoms with Crippen LogP contribution in [0.3, 0.4) is 0 Å². The molecule has 5 nitrogen and oxygen atoms in total. The Morgan fingerprint density at radius 1 is 0.846 bits per heavy atom. The molecule has 0 atom stereocenters. The maximum Gasteiger partial charge on any atom is 0.216 e. The van der Waals surface area contributed by atoms with Gasteiger partial charge in [-0.15, -0.1) is 17.7 Å². The number of rotatable bonds is 7. The Bertz CT molecular complexity index is 2460. The molecule has 8 aromatic rings. The zero-order chi connectivity index (χ0) is 35.7. The van der Waals surface area contributed by atoms with E-state index in [1.807, 2.05) is 60.7 Å². The average molecular weight is 922 g/mol. The summed E-state index contributed by atoms with van der Waals surface area (Å²) in [4.78, 5) is 14.5. The van der Waals surface area contributed by atoms with E-state index in [2.05, 4.69) is 110 Å². The van der Waals surface area contributed by atoms with E-state index >= 15 is 0 Å². The van der Waals surface area contributed by atoms with Gasteiger partial charge in [0, 0.05) is 37.6 Å². The van der Waals surface area contributed by atoms with Crippen molar-refractivity contribution in [2.45, 2.75) is 57.9 Å². The molecule has 0 fully saturated rings. The third kappa shape index (κ3) is 7.57. The first-order valence-electron chi connectivity index (χ1n) is 17.8. The minimum Gasteiger partial charge on any atom is -0.486 e. The molecule has 0 amide bonds. The number of para-hydroxylation sites is 2. The van der Waals surface area contributed by atoms with Gasteiger partial charge < -0.3 is 8.98 Å². The van der Waals surface area contributed by atoms with E-state index in [0.717, 1.165) is 79.8 Å². The van der Waals surface area contributed by atoms with E-state index in [1.54, 1.807) is 4.40 Å². The van der Waals surface area contributed by atoms with Crippen molar-refractivity contribution < 1.29 is 24.5 Å². The third-order valence-electron chi connectivity index (χ3n) is 9.28. The minimum absolute atomic E-state index is 0. The summed E-state index contributed by atoms with van der Waals surface area (Å²) in [7, 11) is 0. The Labute approximate surface area is 323 Å². The first-order chi connectivity index (χ1) is 24.6. The maximum atomic E-state index is 6.38. The predicted octanol–water partition coefficient (Wildman–Crippen LogP) is 11.1. The molecule has 4 aromatic carbocycles. The summed E-state index contributed by atoms with van der Waals surface area (Å²) < 4.78 is 10.1. The second kappa shape index (κ2) is 15.7. The van der Waals surface area contributed by atoms with Crippen LogP contribution in [0.4, 0.5) is 0 Å². The molecule has 52 heavy (non-hydrogen) atoms. The normalized spacial score (nSPS) is 11.5. The third-order valence-corrected chi connectivity index (χ3v) is 13.6. The van der Waals surface area contributed by atoms with Gasteiger partial charge in [-0.25, -0.2) is 4.98 Å². The van der Waals surface area contributed by atoms with Crippen molar-refractivity contribution >= 4 is 50.8 Å². The van der Waals surface area contributed by atoms with Crippen LogP contribution < -0.4 is 4.40 Å². The van der Waals surface area contributed by atoms with Gasteiger partial charge in [0.05, 0.1) is 28.1 Å². The van der Waals surface area contributed by atoms with E-state index in [0.29, 0.717) is 11.6 Å². The first kappa shape index (κ1) is 37.4. The average Bonchev–Trinajstić information content (AvgIpc) is 3.71. The van der Waals surface area contributed by atoms with Gasteiger partial charge in [0.2, 0.25) is 5.71 Å². The number of aromatic nitrogens is 4. The van der Waals surface area contributed by atoms with Gasteiger partial charge >= 0.3 is 126 Å². The summed E-state index contributed by atoms with van der Waals surface area (Å²) in [5.74, 6) is 8.86. The standard InChI is InChI=1S/C27H20N3O.C18H24GeN.Ir/c1-3-30-23-12-8-7-11-22(23)28-26(30)20-14-13-17(2)24-19-15-16-21(18-9-5-4-6-10-18)29-27(19)31-25(20)24;1-14(2)11-16-12-18(15-9-7-6-8-10-15)20-13-17(16)19(3,4)5;/h4-13,15-16H,3H2,1-2H3;6-9,12-14H,11H2,1-5H3;/q2*-1;. The number of hydrogen-bond donors (Lipinski definition) is 0. The number of hydrogen-bond acceptors (Lipinski definition) is 4. The van der Waals surface area contributed by atoms with Crippen molar-refractivity contribution in [1.29, 1.82) is 0 Å². The summed E-state index contributed by atoms with van der Waals surface area (Å²) in [5.41, 5.74) is 11.1. The van der Waals surface area contributed by atoms with Crippen molar-refractivity contribution in [2.75, 3.05) is 0 Å². The molecule has 265 valence electrons. The molecule has 8 rings (SSSR count). The van der Waals surface area contributed by atoms with Crippen LogP contribution in [0, 0.1) is 25.0 Å². The van der Waals surface area contributed by atoms with E-state index in [4.69, 9.17) is 19.4 Å². The fourth-order valence-electron chi connectivity index (χ4n) is 6.87. The van der Waals surface area contributed by atoms with E-state index in [-0.39, 0.29) is 20.1 Å². The van der Waals surface area contributed by atoms with Crippen molar-refractivity contribution in [1.82, 2.24) is 19.5 Å². The number of benzene rings is 4. The molecule has 0 aliphatic rings. The molecule has 0 unspecified atom stereocenters. The van der Waals surface area contributed by atoms with E-state index in [9.17, 15) is 0 Å². The predicted molar refractivity (Wildman–Crippen MR) is 215 cm³/mol. The molecule has 0 aliphatic heterocycles. The van der Waals surface area contributed by atoms with Crippen molar-refractivity contribution in [2.24, 2.45) is 5.92 Å². The number of fused-ring (bicyclic) bond motifs is 4. The summed E-state index contributed by atoms with van der Waals surface area (Å²) in [6.07, 6.45) is 3.27. The molecule has 0 aliphatic carbocycles. The minimum atomic E-state index is -1.86. The van der Waals surface area contributed by atoms with Gasteiger partial charge in [0.15, 0.2) is 0 Å². The first-order valence-corrected chi connectivity index (χ1v) is 25.2. The summed E-state index contributed by atoms with van der Waals surface area (Å²) >= 11 is -1.86. The number of imidazole rings is 1. The zero-order valence-corrected chi connectivity index (χ0v) is 35.4. The van der Waals surface area contributed by atoms with Gasteiger partial charge in [-0.2, -0.15) is 0 Å². The van der Waals surface area contributed by atoms with Crippen LogP contribution >= 0.6 is 0 Å². The van der Waals surface area contributed by atoms with Gasteiger partial charge in [0.1, 0.15) is 0 Å². The molecular formula is C45H44GeIrN4O-2. The van der Waals surface area contributed by atoms with Crippen LogP contribution in [0.5, 0.6) is 0 Å². The molecule has 4 aromatic heterocycles. The molecule has 0 saturated carbocycles. The van der Waals surface area contributed by atoms with Crippen LogP contribution in [-0.2, 0) is 33.1 Å². The van der Waals surface area contributed by atoms with E-state index in [1.165, 1.54) is 5.56 Å². The number of aryl methyl sites for hydroxylation is 2. The summed E-state index contributed by atoms with van der Waals surface area (Å²) in [6.45, 7) is 9.61. The van der Waals surface area contributed by atoms with Crippen LogP contribution in [0.1, 0.15) is 31.9 Å². The Balaban J connectivity index is 0.000000193. The number of nitrogens with zero attached hydrogens (tertiary/aromatic N) is 4. The Morgan fingerprint density at radius 3 is 2.31 bits per heavy atom. The van der Waals surface area contributed by atoms with Crippen LogP contribution in [0.25, 0.3) is 67.0 Å².